The molecule has 0 unspecified atom stereocenters. The molecule has 0 aliphatic carbocycles. The van der Waals surface area contributed by atoms with E-state index in [1.807, 2.05) is 6.08 Å². The summed E-state index contributed by atoms with van der Waals surface area (Å²) in [7, 11) is 0. The molecular formula is C15H24. The molecule has 0 aromatic carbocycles. The van der Waals surface area contributed by atoms with Gasteiger partial charge in [0.25, 0.3) is 0 Å². The van der Waals surface area contributed by atoms with Gasteiger partial charge in [0.2, 0.25) is 0 Å². The lowest BCUT2D eigenvalue weighted by atomic mass is 9.92. The van der Waals surface area contributed by atoms with Crippen molar-refractivity contribution in [2.75, 3.05) is 0 Å². The first kappa shape index (κ1) is 14.0. The molecule has 84 valence electrons. The van der Waals surface area contributed by atoms with Gasteiger partial charge in [-0.2, -0.15) is 0 Å². The lowest BCUT2D eigenvalue weighted by molar-refractivity contribution is 1.04. The van der Waals surface area contributed by atoms with Crippen molar-refractivity contribution in [1.29, 1.82) is 0 Å². The minimum Gasteiger partial charge on any atom is -0.0985 e. The largest absolute Gasteiger partial charge is 0.0985 e. The summed E-state index contributed by atoms with van der Waals surface area (Å²) in [5.41, 5.74) is 6.54. The van der Waals surface area contributed by atoms with Crippen LogP contribution < -0.4 is 0 Å². The Hall–Kier alpha value is -1.04. The summed E-state index contributed by atoms with van der Waals surface area (Å²) >= 11 is 0. The average Bonchev–Trinajstić information content (AvgIpc) is 2.19. The second-order valence-corrected chi connectivity index (χ2v) is 3.99. The van der Waals surface area contributed by atoms with Crippen molar-refractivity contribution in [3.05, 3.63) is 47.1 Å². The Morgan fingerprint density at radius 2 is 1.60 bits per heavy atom. The molecule has 0 heteroatoms. The van der Waals surface area contributed by atoms with Crippen molar-refractivity contribution in [3.8, 4) is 0 Å². The lowest BCUT2D eigenvalue weighted by Gasteiger charge is -2.14. The monoisotopic (exact) mass is 204 g/mol. The highest BCUT2D eigenvalue weighted by Crippen LogP contribution is 2.26. The minimum absolute atomic E-state index is 1.04. The molecule has 0 heterocycles. The summed E-state index contributed by atoms with van der Waals surface area (Å²) in [5, 5.41) is 0. The van der Waals surface area contributed by atoms with Crippen LogP contribution in [0.2, 0.25) is 0 Å². The van der Waals surface area contributed by atoms with Crippen molar-refractivity contribution in [3.63, 3.8) is 0 Å². The fourth-order valence-electron chi connectivity index (χ4n) is 1.89. The van der Waals surface area contributed by atoms with Gasteiger partial charge in [-0.15, -0.1) is 0 Å². The smallest absolute Gasteiger partial charge is 0.0241 e. The third-order valence-electron chi connectivity index (χ3n) is 2.92. The molecule has 0 saturated carbocycles. The maximum absolute atomic E-state index is 4.03. The first-order chi connectivity index (χ1) is 6.99. The highest BCUT2D eigenvalue weighted by molar-refractivity contribution is 5.48. The molecule has 0 N–H and O–H groups in total. The van der Waals surface area contributed by atoms with Crippen LogP contribution in [0.25, 0.3) is 0 Å². The zero-order chi connectivity index (χ0) is 12.0. The zero-order valence-corrected chi connectivity index (χ0v) is 10.9. The van der Waals surface area contributed by atoms with E-state index in [9.17, 15) is 0 Å². The Balaban J connectivity index is 5.53. The quantitative estimate of drug-likeness (QED) is 0.540. The van der Waals surface area contributed by atoms with Crippen LogP contribution in [0.5, 0.6) is 0 Å². The minimum atomic E-state index is 1.04. The van der Waals surface area contributed by atoms with Gasteiger partial charge in [0.15, 0.2) is 0 Å². The van der Waals surface area contributed by atoms with Gasteiger partial charge in [-0.05, 0) is 50.3 Å². The maximum Gasteiger partial charge on any atom is -0.0241 e. The second-order valence-electron chi connectivity index (χ2n) is 3.99. The van der Waals surface area contributed by atoms with Gasteiger partial charge >= 0.3 is 0 Å². The Kier molecular flexibility index (Phi) is 6.00. The first-order valence-electron chi connectivity index (χ1n) is 5.67. The molecule has 0 aromatic rings. The van der Waals surface area contributed by atoms with Crippen LogP contribution in [0.15, 0.2) is 47.1 Å². The molecule has 0 atom stereocenters. The van der Waals surface area contributed by atoms with Crippen molar-refractivity contribution >= 4 is 0 Å². The van der Waals surface area contributed by atoms with E-state index < -0.39 is 0 Å². The summed E-state index contributed by atoms with van der Waals surface area (Å²) in [6.45, 7) is 18.7. The van der Waals surface area contributed by atoms with E-state index in [0.29, 0.717) is 0 Å². The van der Waals surface area contributed by atoms with Crippen molar-refractivity contribution in [2.45, 2.75) is 47.5 Å². The molecule has 0 nitrogen and oxygen atoms in total. The SMILES string of the molecule is C=CC(=C(/C)CC)/C(C)=C(\CC)C(=C)C. The summed E-state index contributed by atoms with van der Waals surface area (Å²) < 4.78 is 0. The predicted molar refractivity (Wildman–Crippen MR) is 71.0 cm³/mol. The van der Waals surface area contributed by atoms with Gasteiger partial charge in [0.1, 0.15) is 0 Å². The van der Waals surface area contributed by atoms with Crippen LogP contribution in [0.4, 0.5) is 0 Å². The van der Waals surface area contributed by atoms with E-state index in [2.05, 4.69) is 47.8 Å². The summed E-state index contributed by atoms with van der Waals surface area (Å²) in [5.74, 6) is 0. The maximum atomic E-state index is 4.03. The van der Waals surface area contributed by atoms with Gasteiger partial charge in [0, 0.05) is 0 Å². The predicted octanol–water partition coefficient (Wildman–Crippen LogP) is 5.20. The van der Waals surface area contributed by atoms with Crippen molar-refractivity contribution < 1.29 is 0 Å². The van der Waals surface area contributed by atoms with Gasteiger partial charge in [-0.25, -0.2) is 0 Å². The van der Waals surface area contributed by atoms with E-state index in [1.165, 1.54) is 27.9 Å². The van der Waals surface area contributed by atoms with Crippen LogP contribution in [0, 0.1) is 0 Å². The van der Waals surface area contributed by atoms with Gasteiger partial charge in [0.05, 0.1) is 0 Å². The number of hydrogen-bond acceptors (Lipinski definition) is 0. The van der Waals surface area contributed by atoms with E-state index in [-0.39, 0.29) is 0 Å². The third-order valence-corrected chi connectivity index (χ3v) is 2.92. The van der Waals surface area contributed by atoms with Gasteiger partial charge in [-0.1, -0.05) is 44.2 Å². The molecule has 0 aliphatic heterocycles. The standard InChI is InChI=1S/C15H24/c1-8-12(6)15(10-3)13(7)14(9-2)11(4)5/h10H,3-4,8-9H2,1-2,5-7H3/b14-13+,15-12+. The topological polar surface area (TPSA) is 0 Å². The second kappa shape index (κ2) is 6.44. The highest BCUT2D eigenvalue weighted by Gasteiger charge is 2.06. The summed E-state index contributed by atoms with van der Waals surface area (Å²) in [6, 6.07) is 0. The van der Waals surface area contributed by atoms with E-state index in [4.69, 9.17) is 0 Å². The Morgan fingerprint density at radius 3 is 1.87 bits per heavy atom. The summed E-state index contributed by atoms with van der Waals surface area (Å²) in [6.07, 6.45) is 4.08. The number of allylic oxidation sites excluding steroid dienone is 6. The van der Waals surface area contributed by atoms with Crippen LogP contribution in [-0.2, 0) is 0 Å². The Labute approximate surface area is 95.1 Å². The molecule has 0 amide bonds. The number of rotatable bonds is 5. The fraction of sp³-hybridized carbons (Fsp3) is 0.467. The first-order valence-corrected chi connectivity index (χ1v) is 5.67. The molecule has 0 aliphatic rings. The molecule has 15 heavy (non-hydrogen) atoms. The zero-order valence-electron chi connectivity index (χ0n) is 10.9. The van der Waals surface area contributed by atoms with Crippen molar-refractivity contribution in [2.24, 2.45) is 0 Å². The third kappa shape index (κ3) is 3.54. The van der Waals surface area contributed by atoms with Crippen LogP contribution in [-0.4, -0.2) is 0 Å². The summed E-state index contributed by atoms with van der Waals surface area (Å²) in [4.78, 5) is 0. The molecule has 0 fully saturated rings. The van der Waals surface area contributed by atoms with Gasteiger partial charge < -0.3 is 0 Å². The van der Waals surface area contributed by atoms with Gasteiger partial charge in [-0.3, -0.25) is 0 Å². The lowest BCUT2D eigenvalue weighted by Crippen LogP contribution is -1.94. The van der Waals surface area contributed by atoms with Crippen LogP contribution >= 0.6 is 0 Å². The molecular weight excluding hydrogens is 180 g/mol. The molecule has 0 aromatic heterocycles. The molecule has 0 spiro atoms. The molecule has 0 rings (SSSR count). The van der Waals surface area contributed by atoms with E-state index >= 15 is 0 Å². The highest BCUT2D eigenvalue weighted by atomic mass is 14.1. The Morgan fingerprint density at radius 1 is 1.07 bits per heavy atom. The van der Waals surface area contributed by atoms with Crippen LogP contribution in [0.3, 0.4) is 0 Å². The fourth-order valence-corrected chi connectivity index (χ4v) is 1.89. The van der Waals surface area contributed by atoms with Crippen molar-refractivity contribution in [1.82, 2.24) is 0 Å². The molecule has 0 saturated heterocycles. The molecule has 0 radical (unpaired) electrons. The normalized spacial score (nSPS) is 14.2. The molecule has 0 bridgehead atoms. The van der Waals surface area contributed by atoms with E-state index in [1.54, 1.807) is 0 Å². The number of hydrogen-bond donors (Lipinski definition) is 0. The van der Waals surface area contributed by atoms with E-state index in [0.717, 1.165) is 12.8 Å². The Bertz CT molecular complexity index is 311. The van der Waals surface area contributed by atoms with Crippen LogP contribution in [0.1, 0.15) is 47.5 Å². The average molecular weight is 204 g/mol.